The molecule has 0 heterocycles. The van der Waals surface area contributed by atoms with Crippen LogP contribution in [0.5, 0.6) is 5.75 Å². The number of halogens is 1. The number of nitrogens with one attached hydrogen (secondary N) is 3. The van der Waals surface area contributed by atoms with E-state index in [4.69, 9.17) is 4.74 Å². The summed E-state index contributed by atoms with van der Waals surface area (Å²) >= 11 is 0. The van der Waals surface area contributed by atoms with Gasteiger partial charge in [0.15, 0.2) is 5.96 Å². The fourth-order valence-corrected chi connectivity index (χ4v) is 2.59. The van der Waals surface area contributed by atoms with E-state index in [0.29, 0.717) is 29.4 Å². The van der Waals surface area contributed by atoms with E-state index >= 15 is 0 Å². The van der Waals surface area contributed by atoms with Crippen molar-refractivity contribution >= 4 is 41.5 Å². The molecule has 7 heteroatoms. The molecule has 0 fully saturated rings. The number of ether oxygens (including phenoxy) is 1. The molecule has 0 aliphatic heterocycles. The molecule has 1 rings (SSSR count). The second-order valence-corrected chi connectivity index (χ2v) is 8.06. The first-order valence-electron chi connectivity index (χ1n) is 9.64. The molecule has 6 nitrogen and oxygen atoms in total. The van der Waals surface area contributed by atoms with E-state index in [-0.39, 0.29) is 29.9 Å². The summed E-state index contributed by atoms with van der Waals surface area (Å²) in [6.45, 7) is 13.8. The topological polar surface area (TPSA) is 74.8 Å². The molecule has 0 bridgehead atoms. The van der Waals surface area contributed by atoms with Crippen LogP contribution in [0.15, 0.2) is 23.2 Å². The van der Waals surface area contributed by atoms with Gasteiger partial charge >= 0.3 is 0 Å². The fourth-order valence-electron chi connectivity index (χ4n) is 2.59. The number of hydrogen-bond acceptors (Lipinski definition) is 3. The Morgan fingerprint density at radius 3 is 2.50 bits per heavy atom. The molecule has 160 valence electrons. The average Bonchev–Trinajstić information content (AvgIpc) is 2.57. The van der Waals surface area contributed by atoms with Crippen LogP contribution in [-0.2, 0) is 11.3 Å². The fraction of sp³-hybridized carbons (Fsp3) is 0.619. The van der Waals surface area contributed by atoms with Crippen LogP contribution in [0.3, 0.4) is 0 Å². The molecule has 0 saturated carbocycles. The predicted octanol–water partition coefficient (Wildman–Crippen LogP) is 4.54. The third-order valence-electron chi connectivity index (χ3n) is 4.05. The Labute approximate surface area is 187 Å². The van der Waals surface area contributed by atoms with Gasteiger partial charge in [0, 0.05) is 19.5 Å². The van der Waals surface area contributed by atoms with Gasteiger partial charge in [0.1, 0.15) is 5.75 Å². The lowest BCUT2D eigenvalue weighted by Gasteiger charge is -2.23. The summed E-state index contributed by atoms with van der Waals surface area (Å²) in [6, 6.07) is 6.05. The molecule has 1 aromatic rings. The van der Waals surface area contributed by atoms with Crippen LogP contribution in [0, 0.1) is 5.41 Å². The third kappa shape index (κ3) is 10.7. The molecular formula is C21H37IN4O2. The molecule has 0 saturated heterocycles. The summed E-state index contributed by atoms with van der Waals surface area (Å²) in [5.74, 6) is 1.31. The van der Waals surface area contributed by atoms with E-state index in [1.165, 1.54) is 6.92 Å². The van der Waals surface area contributed by atoms with E-state index in [1.54, 1.807) is 7.11 Å². The van der Waals surface area contributed by atoms with Gasteiger partial charge in [-0.3, -0.25) is 4.79 Å². The minimum atomic E-state index is -0.128. The van der Waals surface area contributed by atoms with Crippen LogP contribution in [0.25, 0.3) is 0 Å². The largest absolute Gasteiger partial charge is 0.495 e. The molecule has 1 amide bonds. The van der Waals surface area contributed by atoms with Gasteiger partial charge < -0.3 is 20.7 Å². The Bertz CT molecular complexity index is 642. The average molecular weight is 504 g/mol. The Morgan fingerprint density at radius 1 is 1.29 bits per heavy atom. The van der Waals surface area contributed by atoms with Crippen LogP contribution in [0.2, 0.25) is 0 Å². The number of hydrogen-bond donors (Lipinski definition) is 3. The lowest BCUT2D eigenvalue weighted by Crippen LogP contribution is -2.42. The Hall–Kier alpha value is -1.51. The van der Waals surface area contributed by atoms with Crippen molar-refractivity contribution in [1.29, 1.82) is 0 Å². The molecule has 3 N–H and O–H groups in total. The van der Waals surface area contributed by atoms with Gasteiger partial charge in [-0.2, -0.15) is 0 Å². The number of nitrogens with zero attached hydrogens (tertiary/aromatic N) is 1. The minimum absolute atomic E-state index is 0. The first-order chi connectivity index (χ1) is 12.6. The molecule has 1 unspecified atom stereocenters. The van der Waals surface area contributed by atoms with Gasteiger partial charge in [-0.15, -0.1) is 24.0 Å². The van der Waals surface area contributed by atoms with Crippen molar-refractivity contribution in [3.05, 3.63) is 23.8 Å². The van der Waals surface area contributed by atoms with Gasteiger partial charge in [0.25, 0.3) is 0 Å². The lowest BCUT2D eigenvalue weighted by atomic mass is 9.89. The van der Waals surface area contributed by atoms with Gasteiger partial charge in [0.05, 0.1) is 19.3 Å². The van der Waals surface area contributed by atoms with Gasteiger partial charge in [0.2, 0.25) is 5.91 Å². The maximum atomic E-state index is 11.4. The van der Waals surface area contributed by atoms with Gasteiger partial charge in [-0.05, 0) is 49.8 Å². The van der Waals surface area contributed by atoms with Crippen LogP contribution >= 0.6 is 24.0 Å². The molecule has 0 aromatic heterocycles. The van der Waals surface area contributed by atoms with Crippen molar-refractivity contribution < 1.29 is 9.53 Å². The van der Waals surface area contributed by atoms with E-state index in [1.807, 2.05) is 18.2 Å². The highest BCUT2D eigenvalue weighted by molar-refractivity contribution is 14.0. The zero-order valence-electron chi connectivity index (χ0n) is 18.3. The van der Waals surface area contributed by atoms with E-state index < -0.39 is 0 Å². The van der Waals surface area contributed by atoms with E-state index in [0.717, 1.165) is 30.9 Å². The zero-order chi connectivity index (χ0) is 20.4. The number of carbonyl (C=O) groups excluding carboxylic acids is 1. The van der Waals surface area contributed by atoms with Crippen molar-refractivity contribution in [2.24, 2.45) is 10.4 Å². The van der Waals surface area contributed by atoms with Crippen molar-refractivity contribution in [3.8, 4) is 5.75 Å². The molecule has 0 aliphatic rings. The summed E-state index contributed by atoms with van der Waals surface area (Å²) in [6.07, 6.45) is 2.24. The number of aliphatic imine (C=N–C) groups is 1. The third-order valence-corrected chi connectivity index (χ3v) is 4.05. The smallest absolute Gasteiger partial charge is 0.221 e. The van der Waals surface area contributed by atoms with Crippen LogP contribution in [0.4, 0.5) is 5.69 Å². The quantitative estimate of drug-likeness (QED) is 0.276. The Kier molecular flexibility index (Phi) is 12.2. The highest BCUT2D eigenvalue weighted by Crippen LogP contribution is 2.26. The number of rotatable bonds is 8. The normalized spacial score (nSPS) is 12.6. The number of carbonyl (C=O) groups is 1. The summed E-state index contributed by atoms with van der Waals surface area (Å²) in [5.41, 5.74) is 1.99. The zero-order valence-corrected chi connectivity index (χ0v) is 20.6. The molecule has 0 spiro atoms. The van der Waals surface area contributed by atoms with E-state index in [2.05, 4.69) is 55.6 Å². The van der Waals surface area contributed by atoms with E-state index in [9.17, 15) is 4.79 Å². The van der Waals surface area contributed by atoms with Crippen molar-refractivity contribution in [2.75, 3.05) is 19.0 Å². The lowest BCUT2D eigenvalue weighted by molar-refractivity contribution is -0.114. The summed E-state index contributed by atoms with van der Waals surface area (Å²) < 4.78 is 5.30. The highest BCUT2D eigenvalue weighted by Gasteiger charge is 2.13. The van der Waals surface area contributed by atoms with Crippen LogP contribution < -0.4 is 20.7 Å². The summed E-state index contributed by atoms with van der Waals surface area (Å²) in [7, 11) is 1.59. The van der Waals surface area contributed by atoms with Gasteiger partial charge in [-0.25, -0.2) is 4.99 Å². The summed E-state index contributed by atoms with van der Waals surface area (Å²) in [5, 5.41) is 9.57. The summed E-state index contributed by atoms with van der Waals surface area (Å²) in [4.78, 5) is 16.1. The van der Waals surface area contributed by atoms with Crippen LogP contribution in [-0.4, -0.2) is 31.6 Å². The number of anilines is 1. The molecule has 1 atom stereocenters. The maximum absolute atomic E-state index is 11.4. The van der Waals surface area contributed by atoms with Crippen molar-refractivity contribution in [3.63, 3.8) is 0 Å². The first-order valence-corrected chi connectivity index (χ1v) is 9.64. The monoisotopic (exact) mass is 504 g/mol. The number of methoxy groups -OCH3 is 1. The van der Waals surface area contributed by atoms with Gasteiger partial charge in [-0.1, -0.05) is 26.8 Å². The second kappa shape index (κ2) is 12.9. The molecular weight excluding hydrogens is 467 g/mol. The standard InChI is InChI=1S/C21H36N4O2.HI/c1-8-22-20(24-15(2)11-12-21(4,5)6)23-14-17-9-10-19(27-7)18(13-17)25-16(3)26;/h9-10,13,15H,8,11-12,14H2,1-7H3,(H,25,26)(H2,22,23,24);1H. The SMILES string of the molecule is CCNC(=NCc1ccc(OC)c(NC(C)=O)c1)NC(C)CCC(C)(C)C.I. The molecule has 0 radical (unpaired) electrons. The molecule has 1 aromatic carbocycles. The Morgan fingerprint density at radius 2 is 1.96 bits per heavy atom. The first kappa shape index (κ1) is 26.5. The predicted molar refractivity (Wildman–Crippen MR) is 129 cm³/mol. The molecule has 28 heavy (non-hydrogen) atoms. The highest BCUT2D eigenvalue weighted by atomic mass is 127. The molecule has 0 aliphatic carbocycles. The Balaban J connectivity index is 0.00000729. The second-order valence-electron chi connectivity index (χ2n) is 8.06. The minimum Gasteiger partial charge on any atom is -0.495 e. The number of benzene rings is 1. The number of amides is 1. The van der Waals surface area contributed by atoms with Crippen LogP contribution in [0.1, 0.15) is 59.9 Å². The van der Waals surface area contributed by atoms with Crippen molar-refractivity contribution in [1.82, 2.24) is 10.6 Å². The maximum Gasteiger partial charge on any atom is 0.221 e. The number of guanidine groups is 1. The van der Waals surface area contributed by atoms with Crippen molar-refractivity contribution in [2.45, 2.75) is 67.0 Å².